The van der Waals surface area contributed by atoms with E-state index in [9.17, 15) is 9.59 Å². The van der Waals surface area contributed by atoms with Crippen LogP contribution < -0.4 is 10.9 Å². The van der Waals surface area contributed by atoms with Gasteiger partial charge in [-0.25, -0.2) is 4.98 Å². The second-order valence-electron chi connectivity index (χ2n) is 7.68. The highest BCUT2D eigenvalue weighted by Crippen LogP contribution is 2.38. The molecule has 1 aromatic carbocycles. The molecular weight excluding hydrogens is 440 g/mol. The zero-order valence-corrected chi connectivity index (χ0v) is 19.8. The zero-order chi connectivity index (χ0) is 22.8. The Bertz CT molecular complexity index is 1280. The van der Waals surface area contributed by atoms with E-state index < -0.39 is 0 Å². The van der Waals surface area contributed by atoms with Gasteiger partial charge in [-0.15, -0.1) is 0 Å². The maximum absolute atomic E-state index is 13.3. The van der Waals surface area contributed by atoms with Crippen LogP contribution in [0.2, 0.25) is 0 Å². The number of aryl methyl sites for hydroxylation is 1. The van der Waals surface area contributed by atoms with Crippen LogP contribution in [0, 0.1) is 6.92 Å². The number of hydrogen-bond acceptors (Lipinski definition) is 6. The van der Waals surface area contributed by atoms with Crippen molar-refractivity contribution < 1.29 is 4.79 Å². The summed E-state index contributed by atoms with van der Waals surface area (Å²) in [5.74, 6) is 0.272. The third-order valence-electron chi connectivity index (χ3n) is 5.32. The van der Waals surface area contributed by atoms with Gasteiger partial charge in [0.15, 0.2) is 0 Å². The number of benzene rings is 1. The zero-order valence-electron chi connectivity index (χ0n) is 18.2. The van der Waals surface area contributed by atoms with Crippen molar-refractivity contribution in [2.75, 3.05) is 11.9 Å². The first-order valence-electron chi connectivity index (χ1n) is 10.5. The number of thiocarbonyl (C=S) groups is 1. The number of amides is 1. The van der Waals surface area contributed by atoms with E-state index >= 15 is 0 Å². The Morgan fingerprint density at radius 2 is 1.94 bits per heavy atom. The van der Waals surface area contributed by atoms with E-state index in [1.54, 1.807) is 17.2 Å². The molecule has 0 aliphatic carbocycles. The molecule has 32 heavy (non-hydrogen) atoms. The van der Waals surface area contributed by atoms with Gasteiger partial charge in [-0.05, 0) is 43.5 Å². The van der Waals surface area contributed by atoms with Crippen LogP contribution in [0.1, 0.15) is 43.0 Å². The van der Waals surface area contributed by atoms with Gasteiger partial charge < -0.3 is 5.32 Å². The number of carbonyl (C=O) groups is 1. The fourth-order valence-corrected chi connectivity index (χ4v) is 4.99. The first kappa shape index (κ1) is 22.2. The van der Waals surface area contributed by atoms with E-state index in [2.05, 4.69) is 10.3 Å². The molecule has 1 fully saturated rings. The number of pyridine rings is 1. The van der Waals surface area contributed by atoms with Crippen molar-refractivity contribution in [1.29, 1.82) is 0 Å². The molecule has 1 aliphatic heterocycles. The average molecular weight is 465 g/mol. The Morgan fingerprint density at radius 1 is 1.19 bits per heavy atom. The summed E-state index contributed by atoms with van der Waals surface area (Å²) in [5.41, 5.74) is 2.64. The van der Waals surface area contributed by atoms with Crippen molar-refractivity contribution in [3.8, 4) is 0 Å². The van der Waals surface area contributed by atoms with Gasteiger partial charge in [0.05, 0.1) is 16.5 Å². The summed E-state index contributed by atoms with van der Waals surface area (Å²) in [5, 5.41) is 3.23. The molecule has 1 amide bonds. The number of thioether (sulfide) groups is 1. The van der Waals surface area contributed by atoms with Crippen molar-refractivity contribution in [2.24, 2.45) is 0 Å². The molecule has 164 valence electrons. The highest BCUT2D eigenvalue weighted by Gasteiger charge is 2.36. The maximum atomic E-state index is 13.3. The number of anilines is 1. The smallest absolute Gasteiger partial charge is 0.267 e. The van der Waals surface area contributed by atoms with Gasteiger partial charge >= 0.3 is 0 Å². The van der Waals surface area contributed by atoms with Crippen LogP contribution in [-0.2, 0) is 4.79 Å². The van der Waals surface area contributed by atoms with Gasteiger partial charge in [0, 0.05) is 12.7 Å². The molecule has 1 N–H and O–H groups in total. The molecule has 0 bridgehead atoms. The lowest BCUT2D eigenvalue weighted by Gasteiger charge is -2.23. The molecular formula is C24H24N4O2S2. The van der Waals surface area contributed by atoms with Crippen molar-refractivity contribution in [3.05, 3.63) is 80.6 Å². The molecule has 1 saturated heterocycles. The molecule has 3 aromatic rings. The van der Waals surface area contributed by atoms with Gasteiger partial charge in [0.2, 0.25) is 0 Å². The molecule has 1 unspecified atom stereocenters. The molecule has 6 nitrogen and oxygen atoms in total. The number of hydrogen-bond donors (Lipinski definition) is 1. The van der Waals surface area contributed by atoms with E-state index in [1.165, 1.54) is 16.2 Å². The lowest BCUT2D eigenvalue weighted by molar-refractivity contribution is -0.123. The number of aromatic nitrogens is 2. The van der Waals surface area contributed by atoms with Gasteiger partial charge in [-0.2, -0.15) is 0 Å². The summed E-state index contributed by atoms with van der Waals surface area (Å²) < 4.78 is 2.00. The minimum Gasteiger partial charge on any atom is -0.369 e. The van der Waals surface area contributed by atoms with E-state index in [4.69, 9.17) is 12.2 Å². The van der Waals surface area contributed by atoms with Crippen LogP contribution in [0.25, 0.3) is 11.7 Å². The molecule has 8 heteroatoms. The van der Waals surface area contributed by atoms with Crippen LogP contribution in [0.3, 0.4) is 0 Å². The molecule has 1 aliphatic rings. The standard InChI is InChI=1S/C24H24N4O2S2/c1-4-12-25-21-18(22(29)27-14-15(2)10-11-20(27)26-21)13-19-23(30)28(24(31)32-19)16(3)17-8-6-5-7-9-17/h5-11,13-14,16,25H,4,12H2,1-3H3/b19-13+. The largest absolute Gasteiger partial charge is 0.369 e. The maximum Gasteiger partial charge on any atom is 0.267 e. The Hall–Kier alpha value is -2.97. The SMILES string of the molecule is CCCNc1nc2ccc(C)cn2c(=O)c1/C=C1/SC(=S)N(C(C)c2ccccc2)C1=O. The van der Waals surface area contributed by atoms with E-state index in [1.807, 2.05) is 63.2 Å². The summed E-state index contributed by atoms with van der Waals surface area (Å²) in [6, 6.07) is 13.3. The highest BCUT2D eigenvalue weighted by atomic mass is 32.2. The fraction of sp³-hybridized carbons (Fsp3) is 0.250. The molecule has 4 rings (SSSR count). The van der Waals surface area contributed by atoms with Crippen LogP contribution in [-0.4, -0.2) is 31.1 Å². The molecule has 0 spiro atoms. The number of nitrogens with one attached hydrogen (secondary N) is 1. The number of carbonyl (C=O) groups excluding carboxylic acids is 1. The summed E-state index contributed by atoms with van der Waals surface area (Å²) in [6.45, 7) is 6.58. The summed E-state index contributed by atoms with van der Waals surface area (Å²) in [7, 11) is 0. The van der Waals surface area contributed by atoms with Crippen molar-refractivity contribution in [2.45, 2.75) is 33.2 Å². The molecule has 0 radical (unpaired) electrons. The first-order chi connectivity index (χ1) is 15.4. The summed E-state index contributed by atoms with van der Waals surface area (Å²) in [6.07, 6.45) is 4.26. The summed E-state index contributed by atoms with van der Waals surface area (Å²) in [4.78, 5) is 33.3. The third-order valence-corrected chi connectivity index (χ3v) is 6.65. The van der Waals surface area contributed by atoms with Crippen LogP contribution in [0.5, 0.6) is 0 Å². The normalized spacial score (nSPS) is 16.2. The average Bonchev–Trinajstić information content (AvgIpc) is 3.07. The Kier molecular flexibility index (Phi) is 6.43. The van der Waals surface area contributed by atoms with Crippen LogP contribution in [0.15, 0.2) is 58.4 Å². The molecule has 1 atom stereocenters. The molecule has 2 aromatic heterocycles. The molecule has 0 saturated carbocycles. The van der Waals surface area contributed by atoms with Gasteiger partial charge in [-0.3, -0.25) is 18.9 Å². The predicted octanol–water partition coefficient (Wildman–Crippen LogP) is 4.79. The predicted molar refractivity (Wildman–Crippen MR) is 135 cm³/mol. The van der Waals surface area contributed by atoms with E-state index in [0.717, 1.165) is 17.5 Å². The minimum absolute atomic E-state index is 0.202. The van der Waals surface area contributed by atoms with E-state index in [-0.39, 0.29) is 17.5 Å². The van der Waals surface area contributed by atoms with Crippen LogP contribution in [0.4, 0.5) is 5.82 Å². The topological polar surface area (TPSA) is 66.7 Å². The van der Waals surface area contributed by atoms with Crippen molar-refractivity contribution >= 4 is 51.7 Å². The number of nitrogens with zero attached hydrogens (tertiary/aromatic N) is 3. The van der Waals surface area contributed by atoms with Gasteiger partial charge in [-0.1, -0.05) is 67.3 Å². The Balaban J connectivity index is 1.78. The lowest BCUT2D eigenvalue weighted by Crippen LogP contribution is -2.31. The number of fused-ring (bicyclic) bond motifs is 1. The third kappa shape index (κ3) is 4.20. The quantitative estimate of drug-likeness (QED) is 0.418. The summed E-state index contributed by atoms with van der Waals surface area (Å²) >= 11 is 6.74. The van der Waals surface area contributed by atoms with E-state index in [0.29, 0.717) is 32.8 Å². The van der Waals surface area contributed by atoms with Crippen molar-refractivity contribution in [3.63, 3.8) is 0 Å². The first-order valence-corrected chi connectivity index (χ1v) is 11.7. The number of rotatable bonds is 6. The van der Waals surface area contributed by atoms with Gasteiger partial charge in [0.25, 0.3) is 11.5 Å². The fourth-order valence-electron chi connectivity index (χ4n) is 3.59. The van der Waals surface area contributed by atoms with Crippen LogP contribution >= 0.6 is 24.0 Å². The highest BCUT2D eigenvalue weighted by molar-refractivity contribution is 8.26. The monoisotopic (exact) mass is 464 g/mol. The van der Waals surface area contributed by atoms with Crippen molar-refractivity contribution in [1.82, 2.24) is 14.3 Å². The molecule has 3 heterocycles. The minimum atomic E-state index is -0.223. The lowest BCUT2D eigenvalue weighted by atomic mass is 10.1. The second kappa shape index (κ2) is 9.26. The second-order valence-corrected chi connectivity index (χ2v) is 9.35. The Morgan fingerprint density at radius 3 is 2.66 bits per heavy atom. The Labute approximate surface area is 196 Å². The van der Waals surface area contributed by atoms with Gasteiger partial charge in [0.1, 0.15) is 15.8 Å².